The molecule has 0 atom stereocenters. The average Bonchev–Trinajstić information content (AvgIpc) is 2.18. The van der Waals surface area contributed by atoms with Gasteiger partial charge in [0.1, 0.15) is 0 Å². The van der Waals surface area contributed by atoms with Gasteiger partial charge in [0.25, 0.3) is 0 Å². The Balaban J connectivity index is 1.87. The molecule has 1 heterocycles. The van der Waals surface area contributed by atoms with E-state index in [9.17, 15) is 0 Å². The Morgan fingerprint density at radius 2 is 1.93 bits per heavy atom. The third kappa shape index (κ3) is 5.86. The average molecular weight is 217 g/mol. The number of rotatable bonds is 6. The van der Waals surface area contributed by atoms with Crippen LogP contribution in [0.5, 0.6) is 0 Å². The molecule has 0 spiro atoms. The zero-order valence-electron chi connectivity index (χ0n) is 9.46. The van der Waals surface area contributed by atoms with Crippen molar-refractivity contribution in [2.75, 3.05) is 64.9 Å². The van der Waals surface area contributed by atoms with Crippen molar-refractivity contribution in [1.82, 2.24) is 15.1 Å². The maximum absolute atomic E-state index is 3.47. The molecule has 1 aliphatic rings. The molecule has 0 saturated carbocycles. The maximum Gasteiger partial charge on any atom is 0.0108 e. The first-order valence-corrected chi connectivity index (χ1v) is 6.60. The highest BCUT2D eigenvalue weighted by atomic mass is 32.2. The van der Waals surface area contributed by atoms with Crippen LogP contribution in [0, 0.1) is 0 Å². The predicted molar refractivity (Wildman–Crippen MR) is 65.2 cm³/mol. The lowest BCUT2D eigenvalue weighted by atomic mass is 10.4. The minimum absolute atomic E-state index is 1.11. The van der Waals surface area contributed by atoms with Gasteiger partial charge in [-0.05, 0) is 14.1 Å². The van der Waals surface area contributed by atoms with Crippen LogP contribution in [-0.2, 0) is 0 Å². The summed E-state index contributed by atoms with van der Waals surface area (Å²) in [6.07, 6.45) is 0. The van der Waals surface area contributed by atoms with Crippen LogP contribution in [0.2, 0.25) is 0 Å². The lowest BCUT2D eigenvalue weighted by Crippen LogP contribution is -2.39. The van der Waals surface area contributed by atoms with E-state index < -0.39 is 0 Å². The topological polar surface area (TPSA) is 18.5 Å². The molecule has 0 amide bonds. The quantitative estimate of drug-likeness (QED) is 0.640. The van der Waals surface area contributed by atoms with Crippen molar-refractivity contribution in [2.24, 2.45) is 0 Å². The number of nitrogens with one attached hydrogen (secondary N) is 1. The van der Waals surface area contributed by atoms with Gasteiger partial charge in [0, 0.05) is 50.8 Å². The van der Waals surface area contributed by atoms with Crippen LogP contribution in [0.4, 0.5) is 0 Å². The molecular weight excluding hydrogens is 194 g/mol. The van der Waals surface area contributed by atoms with Gasteiger partial charge >= 0.3 is 0 Å². The van der Waals surface area contributed by atoms with Crippen molar-refractivity contribution in [3.63, 3.8) is 0 Å². The molecule has 1 saturated heterocycles. The summed E-state index contributed by atoms with van der Waals surface area (Å²) in [6.45, 7) is 7.15. The van der Waals surface area contributed by atoms with Crippen molar-refractivity contribution in [3.8, 4) is 0 Å². The SMILES string of the molecule is CN(C)CCNCCN1CCSCC1. The van der Waals surface area contributed by atoms with E-state index in [1.807, 2.05) is 0 Å². The van der Waals surface area contributed by atoms with Gasteiger partial charge in [-0.3, -0.25) is 0 Å². The number of nitrogens with zero attached hydrogens (tertiary/aromatic N) is 2. The van der Waals surface area contributed by atoms with Gasteiger partial charge in [-0.2, -0.15) is 11.8 Å². The summed E-state index contributed by atoms with van der Waals surface area (Å²) in [4.78, 5) is 4.77. The van der Waals surface area contributed by atoms with E-state index >= 15 is 0 Å². The van der Waals surface area contributed by atoms with Crippen molar-refractivity contribution < 1.29 is 0 Å². The van der Waals surface area contributed by atoms with E-state index in [1.54, 1.807) is 0 Å². The van der Waals surface area contributed by atoms with Crippen molar-refractivity contribution >= 4 is 11.8 Å². The van der Waals surface area contributed by atoms with E-state index in [0.29, 0.717) is 0 Å². The fourth-order valence-electron chi connectivity index (χ4n) is 1.49. The highest BCUT2D eigenvalue weighted by Crippen LogP contribution is 2.07. The van der Waals surface area contributed by atoms with Crippen molar-refractivity contribution in [2.45, 2.75) is 0 Å². The molecule has 1 fully saturated rings. The van der Waals surface area contributed by atoms with Crippen LogP contribution >= 0.6 is 11.8 Å². The highest BCUT2D eigenvalue weighted by Gasteiger charge is 2.08. The highest BCUT2D eigenvalue weighted by molar-refractivity contribution is 7.99. The largest absolute Gasteiger partial charge is 0.314 e. The van der Waals surface area contributed by atoms with Crippen LogP contribution in [-0.4, -0.2) is 74.7 Å². The number of hydrogen-bond donors (Lipinski definition) is 1. The maximum atomic E-state index is 3.47. The van der Waals surface area contributed by atoms with E-state index in [1.165, 1.54) is 31.1 Å². The summed E-state index contributed by atoms with van der Waals surface area (Å²) >= 11 is 2.08. The molecular formula is C10H23N3S. The van der Waals surface area contributed by atoms with Gasteiger partial charge in [0.05, 0.1) is 0 Å². The zero-order valence-corrected chi connectivity index (χ0v) is 10.3. The summed E-state index contributed by atoms with van der Waals surface area (Å²) in [7, 11) is 4.23. The van der Waals surface area contributed by atoms with Crippen molar-refractivity contribution in [1.29, 1.82) is 0 Å². The summed E-state index contributed by atoms with van der Waals surface area (Å²) < 4.78 is 0. The molecule has 3 nitrogen and oxygen atoms in total. The molecule has 0 aromatic carbocycles. The Morgan fingerprint density at radius 1 is 1.21 bits per heavy atom. The third-order valence-corrected chi connectivity index (χ3v) is 3.39. The Bertz CT molecular complexity index is 135. The summed E-state index contributed by atoms with van der Waals surface area (Å²) in [5.41, 5.74) is 0. The van der Waals surface area contributed by atoms with Crippen LogP contribution in [0.25, 0.3) is 0 Å². The predicted octanol–water partition coefficient (Wildman–Crippen LogP) is 0.186. The normalized spacial score (nSPS) is 19.1. The lowest BCUT2D eigenvalue weighted by Gasteiger charge is -2.26. The van der Waals surface area contributed by atoms with Crippen molar-refractivity contribution in [3.05, 3.63) is 0 Å². The fraction of sp³-hybridized carbons (Fsp3) is 1.00. The molecule has 14 heavy (non-hydrogen) atoms. The van der Waals surface area contributed by atoms with Crippen LogP contribution in [0.15, 0.2) is 0 Å². The fourth-order valence-corrected chi connectivity index (χ4v) is 2.47. The molecule has 84 valence electrons. The molecule has 4 heteroatoms. The minimum atomic E-state index is 1.11. The monoisotopic (exact) mass is 217 g/mol. The van der Waals surface area contributed by atoms with Gasteiger partial charge in [0.15, 0.2) is 0 Å². The van der Waals surface area contributed by atoms with E-state index in [-0.39, 0.29) is 0 Å². The van der Waals surface area contributed by atoms with Crippen LogP contribution in [0.3, 0.4) is 0 Å². The Morgan fingerprint density at radius 3 is 2.57 bits per heavy atom. The second-order valence-corrected chi connectivity index (χ2v) is 5.23. The molecule has 0 radical (unpaired) electrons. The smallest absolute Gasteiger partial charge is 0.0108 e. The zero-order chi connectivity index (χ0) is 10.2. The third-order valence-electron chi connectivity index (χ3n) is 2.44. The number of hydrogen-bond acceptors (Lipinski definition) is 4. The second-order valence-electron chi connectivity index (χ2n) is 4.01. The molecule has 0 bridgehead atoms. The van der Waals surface area contributed by atoms with E-state index in [4.69, 9.17) is 0 Å². The van der Waals surface area contributed by atoms with Gasteiger partial charge in [-0.15, -0.1) is 0 Å². The van der Waals surface area contributed by atoms with Gasteiger partial charge in [-0.1, -0.05) is 0 Å². The Hall–Kier alpha value is 0.230. The number of thioether (sulfide) groups is 1. The first-order chi connectivity index (χ1) is 6.79. The van der Waals surface area contributed by atoms with E-state index in [0.717, 1.165) is 19.6 Å². The first-order valence-electron chi connectivity index (χ1n) is 5.44. The molecule has 1 rings (SSSR count). The Kier molecular flexibility index (Phi) is 6.60. The summed E-state index contributed by atoms with van der Waals surface area (Å²) in [5.74, 6) is 2.63. The van der Waals surface area contributed by atoms with Crippen LogP contribution < -0.4 is 5.32 Å². The molecule has 1 N–H and O–H groups in total. The summed E-state index contributed by atoms with van der Waals surface area (Å²) in [6, 6.07) is 0. The standard InChI is InChI=1S/C10H23N3S/c1-12(2)5-3-11-4-6-13-7-9-14-10-8-13/h11H,3-10H2,1-2H3. The first kappa shape index (κ1) is 12.3. The molecule has 0 aromatic heterocycles. The molecule has 0 unspecified atom stereocenters. The van der Waals surface area contributed by atoms with E-state index in [2.05, 4.69) is 41.0 Å². The lowest BCUT2D eigenvalue weighted by molar-refractivity contribution is 0.298. The van der Waals surface area contributed by atoms with Gasteiger partial charge in [0.2, 0.25) is 0 Å². The summed E-state index contributed by atoms with van der Waals surface area (Å²) in [5, 5.41) is 3.47. The minimum Gasteiger partial charge on any atom is -0.314 e. The Labute approximate surface area is 92.2 Å². The van der Waals surface area contributed by atoms with Crippen LogP contribution in [0.1, 0.15) is 0 Å². The number of likely N-dealkylation sites (N-methyl/N-ethyl adjacent to an activating group) is 1. The molecule has 0 aromatic rings. The second kappa shape index (κ2) is 7.51. The molecule has 1 aliphatic heterocycles. The molecule has 0 aliphatic carbocycles. The van der Waals surface area contributed by atoms with Gasteiger partial charge in [-0.25, -0.2) is 0 Å². The van der Waals surface area contributed by atoms with Gasteiger partial charge < -0.3 is 15.1 Å².